The van der Waals surface area contributed by atoms with Crippen LogP contribution in [0.4, 0.5) is 0 Å². The van der Waals surface area contributed by atoms with Crippen LogP contribution in [-0.4, -0.2) is 0 Å². The Labute approximate surface area is 72.9 Å². The fourth-order valence-corrected chi connectivity index (χ4v) is 0.712. The molecule has 8 heavy (non-hydrogen) atoms. The summed E-state index contributed by atoms with van der Waals surface area (Å²) in [6, 6.07) is 9.60. The SMILES string of the molecule is [Er][O]c1ccccc1. The van der Waals surface area contributed by atoms with Gasteiger partial charge in [-0.15, -0.1) is 0 Å². The molecule has 0 aliphatic heterocycles. The zero-order chi connectivity index (χ0) is 5.82. The number of benzene rings is 1. The number of hydrogen-bond donors (Lipinski definition) is 0. The Morgan fingerprint density at radius 3 is 2.12 bits per heavy atom. The van der Waals surface area contributed by atoms with Crippen molar-refractivity contribution in [2.75, 3.05) is 0 Å². The molecule has 0 saturated carbocycles. The maximum atomic E-state index is 4.83. The van der Waals surface area contributed by atoms with Crippen LogP contribution in [0.3, 0.4) is 0 Å². The molecule has 0 unspecified atom stereocenters. The summed E-state index contributed by atoms with van der Waals surface area (Å²) in [6.45, 7) is 0. The molecular formula is C6H5ErO. The topological polar surface area (TPSA) is 9.23 Å². The molecule has 47 valence electrons. The third-order valence-corrected chi connectivity index (χ3v) is 1.25. The zero-order valence-corrected chi connectivity index (χ0v) is 5.94. The van der Waals surface area contributed by atoms with E-state index in [1.165, 1.54) is 0 Å². The number of hydrogen-bond acceptors (Lipinski definition) is 1. The molecule has 0 heterocycles. The van der Waals surface area contributed by atoms with Crippen molar-refractivity contribution >= 4 is 0 Å². The van der Waals surface area contributed by atoms with Crippen molar-refractivity contribution in [3.8, 4) is 5.75 Å². The third kappa shape index (κ3) is 1.65. The molecular weight excluding hydrogens is 255 g/mol. The Balaban J connectivity index is 2.83. The Morgan fingerprint density at radius 1 is 1.12 bits per heavy atom. The van der Waals surface area contributed by atoms with E-state index >= 15 is 0 Å². The summed E-state index contributed by atoms with van der Waals surface area (Å²) in [5.41, 5.74) is 0. The average molecular weight is 260 g/mol. The van der Waals surface area contributed by atoms with Gasteiger partial charge in [-0.05, 0) is 0 Å². The van der Waals surface area contributed by atoms with Crippen LogP contribution in [0.15, 0.2) is 30.3 Å². The van der Waals surface area contributed by atoms with E-state index in [0.29, 0.717) is 0 Å². The maximum absolute atomic E-state index is 4.83. The van der Waals surface area contributed by atoms with Crippen LogP contribution in [0.25, 0.3) is 0 Å². The molecule has 0 atom stereocenters. The molecule has 0 bridgehead atoms. The monoisotopic (exact) mass is 259 g/mol. The summed E-state index contributed by atoms with van der Waals surface area (Å²) in [5.74, 6) is 0.873. The van der Waals surface area contributed by atoms with Crippen LogP contribution in [0, 0.1) is 35.9 Å². The molecule has 0 fully saturated rings. The second-order valence-electron chi connectivity index (χ2n) is 1.37. The van der Waals surface area contributed by atoms with Gasteiger partial charge in [0, 0.05) is 0 Å². The number of rotatable bonds is 1. The van der Waals surface area contributed by atoms with Crippen LogP contribution >= 0.6 is 0 Å². The summed E-state index contributed by atoms with van der Waals surface area (Å²) in [7, 11) is 0. The van der Waals surface area contributed by atoms with Crippen LogP contribution < -0.4 is 1.50 Å². The van der Waals surface area contributed by atoms with Gasteiger partial charge in [0.05, 0.1) is 0 Å². The van der Waals surface area contributed by atoms with Crippen molar-refractivity contribution in [1.29, 1.82) is 0 Å². The van der Waals surface area contributed by atoms with Crippen molar-refractivity contribution in [2.24, 2.45) is 0 Å². The third-order valence-electron chi connectivity index (χ3n) is 0.811. The predicted molar refractivity (Wildman–Crippen MR) is 27.1 cm³/mol. The van der Waals surface area contributed by atoms with E-state index in [9.17, 15) is 0 Å². The summed E-state index contributed by atoms with van der Waals surface area (Å²) < 4.78 is 4.83. The fourth-order valence-electron chi connectivity index (χ4n) is 0.460. The van der Waals surface area contributed by atoms with Gasteiger partial charge in [0.25, 0.3) is 0 Å². The quantitative estimate of drug-likeness (QED) is 0.744. The Bertz CT molecular complexity index is 150. The van der Waals surface area contributed by atoms with Crippen LogP contribution in [0.2, 0.25) is 0 Å². The minimum absolute atomic E-state index is 0.873. The molecule has 1 aromatic carbocycles. The second kappa shape index (κ2) is 3.32. The minimum atomic E-state index is 0.873. The van der Waals surface area contributed by atoms with E-state index in [1.54, 1.807) is 0 Å². The second-order valence-corrected chi connectivity index (χ2v) is 1.75. The first kappa shape index (κ1) is 6.39. The van der Waals surface area contributed by atoms with Crippen molar-refractivity contribution in [1.82, 2.24) is 0 Å². The van der Waals surface area contributed by atoms with Crippen LogP contribution in [0.5, 0.6) is 5.75 Å². The molecule has 0 radical (unpaired) electrons. The fraction of sp³-hybridized carbons (Fsp3) is 0. The molecule has 0 amide bonds. The molecule has 1 aromatic rings. The molecule has 1 rings (SSSR count). The summed E-state index contributed by atoms with van der Waals surface area (Å²) in [5, 5.41) is 0. The summed E-state index contributed by atoms with van der Waals surface area (Å²) in [4.78, 5) is 0. The molecule has 0 aliphatic rings. The Hall–Kier alpha value is 0.267. The van der Waals surface area contributed by atoms with Gasteiger partial charge in [-0.1, -0.05) is 0 Å². The molecule has 0 aromatic heterocycles. The van der Waals surface area contributed by atoms with Crippen LogP contribution in [0.1, 0.15) is 0 Å². The van der Waals surface area contributed by atoms with E-state index < -0.39 is 0 Å². The first-order valence-electron chi connectivity index (χ1n) is 2.23. The van der Waals surface area contributed by atoms with Gasteiger partial charge >= 0.3 is 73.5 Å². The van der Waals surface area contributed by atoms with E-state index in [2.05, 4.69) is 35.9 Å². The molecule has 0 spiro atoms. The van der Waals surface area contributed by atoms with Gasteiger partial charge in [0.15, 0.2) is 0 Å². The molecule has 1 nitrogen and oxygen atoms in total. The van der Waals surface area contributed by atoms with Gasteiger partial charge in [-0.25, -0.2) is 0 Å². The first-order valence-corrected chi connectivity index (χ1v) is 2.99. The van der Waals surface area contributed by atoms with E-state index in [0.717, 1.165) is 5.75 Å². The van der Waals surface area contributed by atoms with E-state index in [-0.39, 0.29) is 0 Å². The van der Waals surface area contributed by atoms with Crippen LogP contribution in [-0.2, 0) is 0 Å². The van der Waals surface area contributed by atoms with Crippen molar-refractivity contribution in [3.05, 3.63) is 30.3 Å². The normalized spacial score (nSPS) is 8.75. The average Bonchev–Trinajstić information content (AvgIpc) is 1.90. The Morgan fingerprint density at radius 2 is 1.75 bits per heavy atom. The van der Waals surface area contributed by atoms with Gasteiger partial charge in [-0.3, -0.25) is 0 Å². The Kier molecular flexibility index (Phi) is 2.65. The van der Waals surface area contributed by atoms with Crippen molar-refractivity contribution < 1.29 is 37.4 Å². The van der Waals surface area contributed by atoms with Crippen molar-refractivity contribution in [3.63, 3.8) is 0 Å². The molecule has 0 saturated heterocycles. The standard InChI is InChI=1S/C6H6O.Er/c7-6-4-2-1-3-5-6;/h1-5,7H;/q;+1/p-1. The van der Waals surface area contributed by atoms with E-state index in [1.807, 2.05) is 30.3 Å². The van der Waals surface area contributed by atoms with Gasteiger partial charge < -0.3 is 0 Å². The molecule has 2 heteroatoms. The summed E-state index contributed by atoms with van der Waals surface area (Å²) >= 11 is 2.19. The summed E-state index contributed by atoms with van der Waals surface area (Å²) in [6.07, 6.45) is 0. The van der Waals surface area contributed by atoms with Crippen molar-refractivity contribution in [2.45, 2.75) is 0 Å². The first-order chi connectivity index (χ1) is 3.93. The molecule has 0 aliphatic carbocycles. The number of para-hydroxylation sites is 1. The van der Waals surface area contributed by atoms with Gasteiger partial charge in [0.1, 0.15) is 0 Å². The zero-order valence-electron chi connectivity index (χ0n) is 4.08. The molecule has 0 N–H and O–H groups in total. The van der Waals surface area contributed by atoms with E-state index in [4.69, 9.17) is 1.50 Å². The van der Waals surface area contributed by atoms with Gasteiger partial charge in [0.2, 0.25) is 0 Å². The predicted octanol–water partition coefficient (Wildman–Crippen LogP) is 1.53. The van der Waals surface area contributed by atoms with Gasteiger partial charge in [-0.2, -0.15) is 0 Å².